The Morgan fingerprint density at radius 1 is 1.09 bits per heavy atom. The molecular formula is C25H25ClFN3O3. The van der Waals surface area contributed by atoms with Crippen LogP contribution >= 0.6 is 11.6 Å². The van der Waals surface area contributed by atoms with E-state index in [9.17, 15) is 14.0 Å². The first-order valence-electron chi connectivity index (χ1n) is 10.7. The first-order valence-corrected chi connectivity index (χ1v) is 11.1. The largest absolute Gasteiger partial charge is 0.497 e. The molecule has 3 aromatic rings. The number of rotatable bonds is 5. The lowest BCUT2D eigenvalue weighted by Gasteiger charge is -2.33. The predicted octanol–water partition coefficient (Wildman–Crippen LogP) is 4.95. The van der Waals surface area contributed by atoms with Crippen molar-refractivity contribution in [3.63, 3.8) is 0 Å². The molecule has 8 heteroatoms. The lowest BCUT2D eigenvalue weighted by molar-refractivity contribution is 0.0713. The van der Waals surface area contributed by atoms with E-state index in [4.69, 9.17) is 16.3 Å². The molecule has 0 aliphatic carbocycles. The lowest BCUT2D eigenvalue weighted by Crippen LogP contribution is -2.39. The zero-order chi connectivity index (χ0) is 23.5. The second-order valence-electron chi connectivity index (χ2n) is 8.12. The Kier molecular flexibility index (Phi) is 6.70. The van der Waals surface area contributed by atoms with Crippen LogP contribution in [0, 0.1) is 5.82 Å². The number of amides is 1. The fourth-order valence-electron chi connectivity index (χ4n) is 4.12. The highest BCUT2D eigenvalue weighted by Crippen LogP contribution is 2.32. The van der Waals surface area contributed by atoms with Crippen molar-refractivity contribution in [1.82, 2.24) is 9.47 Å². The topological polar surface area (TPSA) is 63.6 Å². The van der Waals surface area contributed by atoms with E-state index in [1.807, 2.05) is 0 Å². The van der Waals surface area contributed by atoms with Crippen LogP contribution in [0.3, 0.4) is 0 Å². The van der Waals surface area contributed by atoms with E-state index in [1.165, 1.54) is 22.9 Å². The highest BCUT2D eigenvalue weighted by Gasteiger charge is 2.28. The summed E-state index contributed by atoms with van der Waals surface area (Å²) in [6.07, 6.45) is 3.07. The van der Waals surface area contributed by atoms with Crippen LogP contribution in [0.4, 0.5) is 15.8 Å². The number of carbonyl (C=O) groups excluding carboxylic acids is 1. The summed E-state index contributed by atoms with van der Waals surface area (Å²) in [5.74, 6) is 0.516. The first kappa shape index (κ1) is 22.9. The van der Waals surface area contributed by atoms with Gasteiger partial charge in [0.25, 0.3) is 11.5 Å². The highest BCUT2D eigenvalue weighted by atomic mass is 35.5. The number of methoxy groups -OCH3 is 1. The van der Waals surface area contributed by atoms with Crippen molar-refractivity contribution in [2.24, 2.45) is 7.05 Å². The Morgan fingerprint density at radius 2 is 1.73 bits per heavy atom. The molecule has 0 atom stereocenters. The summed E-state index contributed by atoms with van der Waals surface area (Å²) in [5, 5.41) is 3.09. The van der Waals surface area contributed by atoms with Gasteiger partial charge < -0.3 is 19.5 Å². The molecular weight excluding hydrogens is 445 g/mol. The monoisotopic (exact) mass is 469 g/mol. The van der Waals surface area contributed by atoms with Gasteiger partial charge in [0.05, 0.1) is 18.4 Å². The molecule has 1 amide bonds. The van der Waals surface area contributed by atoms with E-state index in [1.54, 1.807) is 55.5 Å². The molecule has 1 aromatic heterocycles. The average Bonchev–Trinajstić information content (AvgIpc) is 2.85. The molecule has 1 N–H and O–H groups in total. The van der Waals surface area contributed by atoms with E-state index >= 15 is 0 Å². The molecule has 1 fully saturated rings. The lowest BCUT2D eigenvalue weighted by atomic mass is 9.89. The standard InChI is InChI=1S/C25H25ClFN3O3/c1-29-15-21(23(22(26)25(29)32)28-19-7-9-20(33-2)10-8-19)24(31)30-13-11-17(12-14-30)16-3-5-18(27)6-4-16/h3-10,15,17,28H,11-14H2,1-2H3. The number of nitrogens with zero attached hydrogens (tertiary/aromatic N) is 2. The van der Waals surface area contributed by atoms with Crippen molar-refractivity contribution in [1.29, 1.82) is 0 Å². The molecule has 0 spiro atoms. The van der Waals surface area contributed by atoms with Crippen LogP contribution < -0.4 is 15.6 Å². The molecule has 2 heterocycles. The maximum atomic E-state index is 13.5. The van der Waals surface area contributed by atoms with Crippen LogP contribution in [0.25, 0.3) is 0 Å². The molecule has 4 rings (SSSR count). The third-order valence-electron chi connectivity index (χ3n) is 6.03. The number of pyridine rings is 1. The van der Waals surface area contributed by atoms with E-state index in [0.29, 0.717) is 30.1 Å². The van der Waals surface area contributed by atoms with Crippen molar-refractivity contribution >= 4 is 28.9 Å². The van der Waals surface area contributed by atoms with Gasteiger partial charge in [-0.15, -0.1) is 0 Å². The number of halogens is 2. The minimum atomic E-state index is -0.390. The number of hydrogen-bond donors (Lipinski definition) is 1. The number of carbonyl (C=O) groups is 1. The number of likely N-dealkylation sites (tertiary alicyclic amines) is 1. The molecule has 1 aliphatic rings. The van der Waals surface area contributed by atoms with Gasteiger partial charge in [-0.25, -0.2) is 4.39 Å². The van der Waals surface area contributed by atoms with Crippen molar-refractivity contribution in [3.05, 3.63) is 87.0 Å². The number of hydrogen-bond acceptors (Lipinski definition) is 4. The minimum absolute atomic E-state index is 0.0413. The zero-order valence-corrected chi connectivity index (χ0v) is 19.2. The zero-order valence-electron chi connectivity index (χ0n) is 18.5. The smallest absolute Gasteiger partial charge is 0.271 e. The summed E-state index contributed by atoms with van der Waals surface area (Å²) in [6, 6.07) is 13.7. The van der Waals surface area contributed by atoms with E-state index in [0.717, 1.165) is 18.4 Å². The van der Waals surface area contributed by atoms with E-state index in [-0.39, 0.29) is 33.9 Å². The summed E-state index contributed by atoms with van der Waals surface area (Å²) < 4.78 is 19.7. The summed E-state index contributed by atoms with van der Waals surface area (Å²) in [7, 11) is 3.15. The second-order valence-corrected chi connectivity index (χ2v) is 8.50. The number of benzene rings is 2. The Balaban J connectivity index is 1.56. The number of ether oxygens (including phenoxy) is 1. The Bertz CT molecular complexity index is 1200. The number of anilines is 2. The van der Waals surface area contributed by atoms with Crippen LogP contribution in [0.15, 0.2) is 59.5 Å². The van der Waals surface area contributed by atoms with Crippen molar-refractivity contribution in [3.8, 4) is 5.75 Å². The van der Waals surface area contributed by atoms with E-state index in [2.05, 4.69) is 5.32 Å². The maximum absolute atomic E-state index is 13.5. The third kappa shape index (κ3) is 4.88. The third-order valence-corrected chi connectivity index (χ3v) is 6.38. The molecule has 2 aromatic carbocycles. The van der Waals surface area contributed by atoms with Crippen LogP contribution in [-0.4, -0.2) is 35.6 Å². The minimum Gasteiger partial charge on any atom is -0.497 e. The number of aromatic nitrogens is 1. The van der Waals surface area contributed by atoms with E-state index < -0.39 is 0 Å². The summed E-state index contributed by atoms with van der Waals surface area (Å²) >= 11 is 6.39. The van der Waals surface area contributed by atoms with Crippen molar-refractivity contribution in [2.75, 3.05) is 25.5 Å². The van der Waals surface area contributed by atoms with Gasteiger partial charge in [0.2, 0.25) is 0 Å². The van der Waals surface area contributed by atoms with Gasteiger partial charge in [0.15, 0.2) is 0 Å². The summed E-state index contributed by atoms with van der Waals surface area (Å²) in [6.45, 7) is 1.12. The normalized spacial score (nSPS) is 14.2. The Hall–Kier alpha value is -3.32. The fourth-order valence-corrected chi connectivity index (χ4v) is 4.40. The molecule has 0 radical (unpaired) electrons. The van der Waals surface area contributed by atoms with Gasteiger partial charge in [0, 0.05) is 32.0 Å². The van der Waals surface area contributed by atoms with Gasteiger partial charge in [-0.3, -0.25) is 9.59 Å². The van der Waals surface area contributed by atoms with Gasteiger partial charge >= 0.3 is 0 Å². The Labute approximate surface area is 196 Å². The quantitative estimate of drug-likeness (QED) is 0.574. The summed E-state index contributed by atoms with van der Waals surface area (Å²) in [5.41, 5.74) is 1.98. The molecule has 0 saturated carbocycles. The predicted molar refractivity (Wildman–Crippen MR) is 127 cm³/mol. The van der Waals surface area contributed by atoms with Crippen LogP contribution in [0.1, 0.15) is 34.7 Å². The SMILES string of the molecule is COc1ccc(Nc2c(C(=O)N3CCC(c4ccc(F)cc4)CC3)cn(C)c(=O)c2Cl)cc1. The van der Waals surface area contributed by atoms with Crippen molar-refractivity contribution < 1.29 is 13.9 Å². The second kappa shape index (κ2) is 9.67. The molecule has 6 nitrogen and oxygen atoms in total. The maximum Gasteiger partial charge on any atom is 0.271 e. The fraction of sp³-hybridized carbons (Fsp3) is 0.280. The molecule has 33 heavy (non-hydrogen) atoms. The van der Waals surface area contributed by atoms with Gasteiger partial charge in [0.1, 0.15) is 16.6 Å². The first-order chi connectivity index (χ1) is 15.9. The molecule has 0 unspecified atom stereocenters. The Morgan fingerprint density at radius 3 is 2.33 bits per heavy atom. The number of nitrogens with one attached hydrogen (secondary N) is 1. The highest BCUT2D eigenvalue weighted by molar-refractivity contribution is 6.34. The number of aryl methyl sites for hydroxylation is 1. The molecule has 0 bridgehead atoms. The van der Waals surface area contributed by atoms with Crippen molar-refractivity contribution in [2.45, 2.75) is 18.8 Å². The number of piperidine rings is 1. The summed E-state index contributed by atoms with van der Waals surface area (Å²) in [4.78, 5) is 27.7. The molecule has 1 saturated heterocycles. The van der Waals surface area contributed by atoms with Gasteiger partial charge in [-0.2, -0.15) is 0 Å². The van der Waals surface area contributed by atoms with Gasteiger partial charge in [-0.05, 0) is 60.7 Å². The van der Waals surface area contributed by atoms with Crippen LogP contribution in [0.5, 0.6) is 5.75 Å². The van der Waals surface area contributed by atoms with Crippen LogP contribution in [0.2, 0.25) is 5.02 Å². The average molecular weight is 470 g/mol. The van der Waals surface area contributed by atoms with Gasteiger partial charge in [-0.1, -0.05) is 23.7 Å². The van der Waals surface area contributed by atoms with Crippen LogP contribution in [-0.2, 0) is 7.05 Å². The molecule has 172 valence electrons. The molecule has 1 aliphatic heterocycles.